The van der Waals surface area contributed by atoms with E-state index in [-0.39, 0.29) is 11.7 Å². The van der Waals surface area contributed by atoms with Gasteiger partial charge in [0.1, 0.15) is 0 Å². The maximum atomic E-state index is 14.2. The van der Waals surface area contributed by atoms with Gasteiger partial charge in [-0.15, -0.1) is 0 Å². The molecule has 0 bridgehead atoms. The summed E-state index contributed by atoms with van der Waals surface area (Å²) in [6.07, 6.45) is 0.480. The summed E-state index contributed by atoms with van der Waals surface area (Å²) in [6.45, 7) is 2.05. The second-order valence-electron chi connectivity index (χ2n) is 7.03. The van der Waals surface area contributed by atoms with Crippen molar-refractivity contribution in [1.29, 1.82) is 0 Å². The molecule has 0 spiro atoms. The lowest BCUT2D eigenvalue weighted by Gasteiger charge is -2.11. The fraction of sp³-hybridized carbons (Fsp3) is 0.167. The van der Waals surface area contributed by atoms with Crippen LogP contribution in [0.25, 0.3) is 22.3 Å². The standard InChI is InChI=1S/C24H20FNO4/c1-3-30-24(28)14-4-6-17-16(8-14)11-19-18(17)9-15(10-20(19)23(26)27)13-5-7-22(29-2)21(25)12-13/h4-10,12H,3,11H2,1-2H3,(H2,26,27). The van der Waals surface area contributed by atoms with Crippen molar-refractivity contribution in [2.75, 3.05) is 13.7 Å². The van der Waals surface area contributed by atoms with Gasteiger partial charge in [-0.05, 0) is 83.1 Å². The van der Waals surface area contributed by atoms with Gasteiger partial charge in [-0.2, -0.15) is 0 Å². The summed E-state index contributed by atoms with van der Waals surface area (Å²) in [6, 6.07) is 13.6. The molecule has 5 nitrogen and oxygen atoms in total. The molecule has 1 amide bonds. The molecule has 3 aromatic carbocycles. The van der Waals surface area contributed by atoms with Gasteiger partial charge >= 0.3 is 5.97 Å². The second-order valence-corrected chi connectivity index (χ2v) is 7.03. The van der Waals surface area contributed by atoms with Crippen LogP contribution in [0.15, 0.2) is 48.5 Å². The molecule has 2 N–H and O–H groups in total. The molecule has 30 heavy (non-hydrogen) atoms. The van der Waals surface area contributed by atoms with Crippen LogP contribution in [0.5, 0.6) is 5.75 Å². The highest BCUT2D eigenvalue weighted by molar-refractivity contribution is 6.00. The van der Waals surface area contributed by atoms with E-state index in [1.165, 1.54) is 13.2 Å². The third-order valence-electron chi connectivity index (χ3n) is 5.27. The molecule has 0 fully saturated rings. The van der Waals surface area contributed by atoms with Crippen LogP contribution >= 0.6 is 0 Å². The molecule has 4 rings (SSSR count). The monoisotopic (exact) mass is 405 g/mol. The fourth-order valence-corrected chi connectivity index (χ4v) is 3.87. The van der Waals surface area contributed by atoms with Gasteiger partial charge in [0.2, 0.25) is 5.91 Å². The van der Waals surface area contributed by atoms with Gasteiger partial charge in [0.05, 0.1) is 19.3 Å². The molecule has 0 saturated heterocycles. The maximum Gasteiger partial charge on any atom is 0.338 e. The molecule has 152 valence electrons. The van der Waals surface area contributed by atoms with Gasteiger partial charge in [0.15, 0.2) is 11.6 Å². The Kier molecular flexibility index (Phi) is 4.99. The van der Waals surface area contributed by atoms with Gasteiger partial charge in [0.25, 0.3) is 0 Å². The van der Waals surface area contributed by atoms with Gasteiger partial charge in [-0.3, -0.25) is 4.79 Å². The van der Waals surface area contributed by atoms with Crippen LogP contribution in [0.2, 0.25) is 0 Å². The number of hydrogen-bond acceptors (Lipinski definition) is 4. The zero-order valence-corrected chi connectivity index (χ0v) is 16.6. The molecule has 3 aromatic rings. The van der Waals surface area contributed by atoms with Crippen LogP contribution < -0.4 is 10.5 Å². The largest absolute Gasteiger partial charge is 0.494 e. The summed E-state index contributed by atoms with van der Waals surface area (Å²) in [5.41, 5.74) is 11.3. The van der Waals surface area contributed by atoms with E-state index in [2.05, 4.69) is 0 Å². The molecule has 1 aliphatic carbocycles. The fourth-order valence-electron chi connectivity index (χ4n) is 3.87. The van der Waals surface area contributed by atoms with Crippen molar-refractivity contribution in [3.8, 4) is 28.0 Å². The Morgan fingerprint density at radius 1 is 1.03 bits per heavy atom. The van der Waals surface area contributed by atoms with Crippen molar-refractivity contribution in [3.63, 3.8) is 0 Å². The SMILES string of the molecule is CCOC(=O)c1ccc2c(c1)Cc1c(C(N)=O)cc(-c3ccc(OC)c(F)c3)cc1-2. The van der Waals surface area contributed by atoms with Crippen molar-refractivity contribution < 1.29 is 23.5 Å². The van der Waals surface area contributed by atoms with Crippen molar-refractivity contribution in [1.82, 2.24) is 0 Å². The van der Waals surface area contributed by atoms with Gasteiger partial charge < -0.3 is 15.2 Å². The Hall–Kier alpha value is -3.67. The van der Waals surface area contributed by atoms with Crippen molar-refractivity contribution in [2.24, 2.45) is 5.73 Å². The first kappa shape index (κ1) is 19.6. The highest BCUT2D eigenvalue weighted by Crippen LogP contribution is 2.41. The highest BCUT2D eigenvalue weighted by atomic mass is 19.1. The van der Waals surface area contributed by atoms with E-state index in [1.54, 1.807) is 37.3 Å². The molecule has 0 radical (unpaired) electrons. The predicted octanol–water partition coefficient (Wildman–Crippen LogP) is 4.35. The Bertz CT molecular complexity index is 1190. The Morgan fingerprint density at radius 2 is 1.83 bits per heavy atom. The van der Waals surface area contributed by atoms with E-state index in [0.717, 1.165) is 22.3 Å². The molecular weight excluding hydrogens is 385 g/mol. The zero-order chi connectivity index (χ0) is 21.4. The lowest BCUT2D eigenvalue weighted by atomic mass is 9.94. The van der Waals surface area contributed by atoms with Crippen LogP contribution in [0, 0.1) is 5.82 Å². The minimum Gasteiger partial charge on any atom is -0.494 e. The number of rotatable bonds is 5. The smallest absolute Gasteiger partial charge is 0.338 e. The van der Waals surface area contributed by atoms with Crippen LogP contribution in [0.4, 0.5) is 4.39 Å². The molecule has 1 aliphatic rings. The number of fused-ring (bicyclic) bond motifs is 3. The number of nitrogens with two attached hydrogens (primary N) is 1. The van der Waals surface area contributed by atoms with E-state index in [9.17, 15) is 14.0 Å². The van der Waals surface area contributed by atoms with Crippen molar-refractivity contribution in [3.05, 3.63) is 76.6 Å². The van der Waals surface area contributed by atoms with Crippen LogP contribution in [0.1, 0.15) is 38.8 Å². The molecule has 0 heterocycles. The van der Waals surface area contributed by atoms with Crippen LogP contribution in [-0.4, -0.2) is 25.6 Å². The first-order valence-corrected chi connectivity index (χ1v) is 9.54. The van der Waals surface area contributed by atoms with E-state index < -0.39 is 11.7 Å². The third kappa shape index (κ3) is 3.30. The number of primary amides is 1. The van der Waals surface area contributed by atoms with E-state index in [1.807, 2.05) is 12.1 Å². The maximum absolute atomic E-state index is 14.2. The predicted molar refractivity (Wildman–Crippen MR) is 111 cm³/mol. The average molecular weight is 405 g/mol. The number of halogens is 1. The van der Waals surface area contributed by atoms with E-state index in [0.29, 0.717) is 35.3 Å². The average Bonchev–Trinajstić information content (AvgIpc) is 3.10. The third-order valence-corrected chi connectivity index (χ3v) is 5.27. The van der Waals surface area contributed by atoms with Crippen molar-refractivity contribution in [2.45, 2.75) is 13.3 Å². The molecule has 0 aliphatic heterocycles. The number of carbonyl (C=O) groups is 2. The Morgan fingerprint density at radius 3 is 2.50 bits per heavy atom. The summed E-state index contributed by atoms with van der Waals surface area (Å²) in [4.78, 5) is 24.3. The number of esters is 1. The summed E-state index contributed by atoms with van der Waals surface area (Å²) in [7, 11) is 1.40. The van der Waals surface area contributed by atoms with Gasteiger partial charge in [0, 0.05) is 5.56 Å². The summed E-state index contributed by atoms with van der Waals surface area (Å²) in [5.74, 6) is -1.29. The van der Waals surface area contributed by atoms with Gasteiger partial charge in [-0.25, -0.2) is 9.18 Å². The first-order chi connectivity index (χ1) is 14.4. The second kappa shape index (κ2) is 7.63. The summed E-state index contributed by atoms with van der Waals surface area (Å²) >= 11 is 0. The zero-order valence-electron chi connectivity index (χ0n) is 16.6. The number of methoxy groups -OCH3 is 1. The normalized spacial score (nSPS) is 11.6. The number of hydrogen-bond donors (Lipinski definition) is 1. The quantitative estimate of drug-likeness (QED) is 0.501. The molecular formula is C24H20FNO4. The van der Waals surface area contributed by atoms with E-state index >= 15 is 0 Å². The summed E-state index contributed by atoms with van der Waals surface area (Å²) in [5, 5.41) is 0. The molecule has 6 heteroatoms. The van der Waals surface area contributed by atoms with Gasteiger partial charge in [-0.1, -0.05) is 12.1 Å². The molecule has 0 saturated carbocycles. The summed E-state index contributed by atoms with van der Waals surface area (Å²) < 4.78 is 24.3. The number of carbonyl (C=O) groups excluding carboxylic acids is 2. The molecule has 0 atom stereocenters. The van der Waals surface area contributed by atoms with E-state index in [4.69, 9.17) is 15.2 Å². The van der Waals surface area contributed by atoms with Crippen molar-refractivity contribution >= 4 is 11.9 Å². The lowest BCUT2D eigenvalue weighted by molar-refractivity contribution is 0.0526. The Labute approximate surface area is 173 Å². The Balaban J connectivity index is 1.84. The molecule has 0 aromatic heterocycles. The number of amides is 1. The minimum absolute atomic E-state index is 0.145. The highest BCUT2D eigenvalue weighted by Gasteiger charge is 2.26. The van der Waals surface area contributed by atoms with Crippen LogP contribution in [-0.2, 0) is 11.2 Å². The first-order valence-electron chi connectivity index (χ1n) is 9.54. The number of benzene rings is 3. The van der Waals surface area contributed by atoms with Crippen LogP contribution in [0.3, 0.4) is 0 Å². The minimum atomic E-state index is -0.555. The molecule has 0 unspecified atom stereocenters. The lowest BCUT2D eigenvalue weighted by Crippen LogP contribution is -2.13. The topological polar surface area (TPSA) is 78.6 Å². The number of ether oxygens (including phenoxy) is 2.